The number of pyridine rings is 1. The van der Waals surface area contributed by atoms with Crippen molar-refractivity contribution in [2.24, 2.45) is 5.41 Å². The Kier molecular flexibility index (Phi) is 5.14. The quantitative estimate of drug-likeness (QED) is 0.840. The number of anilines is 1. The van der Waals surface area contributed by atoms with Crippen LogP contribution in [0, 0.1) is 5.41 Å². The summed E-state index contributed by atoms with van der Waals surface area (Å²) >= 11 is 5.77. The highest BCUT2D eigenvalue weighted by atomic mass is 35.5. The molecule has 0 radical (unpaired) electrons. The minimum absolute atomic E-state index is 0.0498. The number of hydrogen-bond donors (Lipinski definition) is 2. The normalized spacial score (nSPS) is 11.7. The zero-order chi connectivity index (χ0) is 14.6. The lowest BCUT2D eigenvalue weighted by atomic mass is 9.93. The Morgan fingerprint density at radius 1 is 1.53 bits per heavy atom. The van der Waals surface area contributed by atoms with Gasteiger partial charge in [0.1, 0.15) is 5.82 Å². The summed E-state index contributed by atoms with van der Waals surface area (Å²) in [7, 11) is 4.04. The lowest BCUT2D eigenvalue weighted by Gasteiger charge is -2.28. The Morgan fingerprint density at radius 2 is 2.16 bits per heavy atom. The van der Waals surface area contributed by atoms with Crippen LogP contribution < -0.4 is 5.32 Å². The van der Waals surface area contributed by atoms with Crippen molar-refractivity contribution in [3.05, 3.63) is 22.8 Å². The number of aromatic carboxylic acids is 1. The lowest BCUT2D eigenvalue weighted by Crippen LogP contribution is -2.34. The molecule has 0 saturated heterocycles. The molecule has 0 amide bonds. The molecule has 0 aliphatic heterocycles. The van der Waals surface area contributed by atoms with Crippen LogP contribution in [0.2, 0.25) is 5.02 Å². The van der Waals surface area contributed by atoms with E-state index in [2.05, 4.69) is 29.0 Å². The van der Waals surface area contributed by atoms with Crippen molar-refractivity contribution in [1.82, 2.24) is 9.88 Å². The maximum Gasteiger partial charge on any atom is 0.337 e. The first-order chi connectivity index (χ1) is 8.71. The molecular weight excluding hydrogens is 266 g/mol. The molecule has 0 aliphatic rings. The van der Waals surface area contributed by atoms with E-state index in [0.717, 1.165) is 6.54 Å². The van der Waals surface area contributed by atoms with Crippen LogP contribution in [-0.2, 0) is 0 Å². The molecule has 6 heteroatoms. The molecule has 0 spiro atoms. The number of aromatic nitrogens is 1. The molecule has 19 heavy (non-hydrogen) atoms. The summed E-state index contributed by atoms with van der Waals surface area (Å²) in [6.45, 7) is 5.88. The molecule has 0 atom stereocenters. The molecular formula is C13H20ClN3O2. The Balaban J connectivity index is 2.73. The minimum Gasteiger partial charge on any atom is -0.478 e. The zero-order valence-corrected chi connectivity index (χ0v) is 12.5. The topological polar surface area (TPSA) is 65.5 Å². The molecule has 5 nitrogen and oxygen atoms in total. The second-order valence-corrected chi connectivity index (χ2v) is 6.02. The number of carboxylic acid groups (broad SMARTS) is 1. The van der Waals surface area contributed by atoms with Crippen LogP contribution in [0.3, 0.4) is 0 Å². The van der Waals surface area contributed by atoms with Gasteiger partial charge < -0.3 is 15.3 Å². The van der Waals surface area contributed by atoms with E-state index >= 15 is 0 Å². The van der Waals surface area contributed by atoms with Crippen LogP contribution in [0.5, 0.6) is 0 Å². The smallest absolute Gasteiger partial charge is 0.337 e. The van der Waals surface area contributed by atoms with Gasteiger partial charge in [0.2, 0.25) is 0 Å². The summed E-state index contributed by atoms with van der Waals surface area (Å²) in [5.74, 6) is -0.531. The predicted molar refractivity (Wildman–Crippen MR) is 77.0 cm³/mol. The molecule has 1 heterocycles. The number of nitrogens with zero attached hydrogens (tertiary/aromatic N) is 2. The van der Waals surface area contributed by atoms with Crippen LogP contribution in [0.25, 0.3) is 0 Å². The fraction of sp³-hybridized carbons (Fsp3) is 0.538. The number of hydrogen-bond acceptors (Lipinski definition) is 4. The van der Waals surface area contributed by atoms with E-state index in [0.29, 0.717) is 12.4 Å². The molecule has 106 valence electrons. The fourth-order valence-corrected chi connectivity index (χ4v) is 2.13. The first-order valence-corrected chi connectivity index (χ1v) is 6.36. The zero-order valence-electron chi connectivity index (χ0n) is 11.7. The Hall–Kier alpha value is -1.33. The van der Waals surface area contributed by atoms with Crippen molar-refractivity contribution in [2.75, 3.05) is 32.5 Å². The largest absolute Gasteiger partial charge is 0.478 e. The van der Waals surface area contributed by atoms with E-state index in [-0.39, 0.29) is 16.0 Å². The Bertz CT molecular complexity index is 461. The van der Waals surface area contributed by atoms with Gasteiger partial charge in [-0.05, 0) is 25.6 Å². The standard InChI is InChI=1S/C13H20ClN3O2/c1-13(2,8-17(3)4)7-16-11-5-9(12(18)19)10(14)6-15-11/h5-6H,7-8H2,1-4H3,(H,15,16)(H,18,19). The maximum atomic E-state index is 11.0. The van der Waals surface area contributed by atoms with Crippen molar-refractivity contribution in [2.45, 2.75) is 13.8 Å². The molecule has 1 aromatic rings. The number of halogens is 1. The van der Waals surface area contributed by atoms with Gasteiger partial charge >= 0.3 is 5.97 Å². The average molecular weight is 286 g/mol. The SMILES string of the molecule is CN(C)CC(C)(C)CNc1cc(C(=O)O)c(Cl)cn1. The van der Waals surface area contributed by atoms with Gasteiger partial charge in [-0.15, -0.1) is 0 Å². The molecule has 0 unspecified atom stereocenters. The molecule has 0 aromatic carbocycles. The number of carbonyl (C=O) groups is 1. The minimum atomic E-state index is -1.05. The third kappa shape index (κ3) is 5.04. The molecule has 0 aliphatic carbocycles. The third-order valence-electron chi connectivity index (χ3n) is 2.58. The first-order valence-electron chi connectivity index (χ1n) is 5.99. The van der Waals surface area contributed by atoms with Crippen LogP contribution in [0.1, 0.15) is 24.2 Å². The van der Waals surface area contributed by atoms with Crippen molar-refractivity contribution >= 4 is 23.4 Å². The summed E-state index contributed by atoms with van der Waals surface area (Å²) in [6, 6.07) is 1.45. The van der Waals surface area contributed by atoms with E-state index in [9.17, 15) is 4.79 Å². The van der Waals surface area contributed by atoms with E-state index in [4.69, 9.17) is 16.7 Å². The van der Waals surface area contributed by atoms with E-state index in [1.54, 1.807) is 0 Å². The summed E-state index contributed by atoms with van der Waals surface area (Å²) in [6.07, 6.45) is 1.35. The number of nitrogens with one attached hydrogen (secondary N) is 1. The highest BCUT2D eigenvalue weighted by molar-refractivity contribution is 6.33. The molecule has 1 rings (SSSR count). The van der Waals surface area contributed by atoms with Crippen LogP contribution in [-0.4, -0.2) is 48.1 Å². The van der Waals surface area contributed by atoms with Crippen LogP contribution >= 0.6 is 11.6 Å². The number of rotatable bonds is 6. The highest BCUT2D eigenvalue weighted by Crippen LogP contribution is 2.20. The molecule has 0 fully saturated rings. The van der Waals surface area contributed by atoms with Gasteiger partial charge in [-0.1, -0.05) is 25.4 Å². The van der Waals surface area contributed by atoms with Gasteiger partial charge in [-0.2, -0.15) is 0 Å². The van der Waals surface area contributed by atoms with Crippen molar-refractivity contribution in [1.29, 1.82) is 0 Å². The van der Waals surface area contributed by atoms with Gasteiger partial charge in [-0.3, -0.25) is 0 Å². The Labute approximate surface area is 118 Å². The van der Waals surface area contributed by atoms with Gasteiger partial charge in [0.15, 0.2) is 0 Å². The highest BCUT2D eigenvalue weighted by Gasteiger charge is 2.19. The molecule has 0 saturated carbocycles. The van der Waals surface area contributed by atoms with Gasteiger partial charge in [0.05, 0.1) is 10.6 Å². The van der Waals surface area contributed by atoms with E-state index in [1.807, 2.05) is 14.1 Å². The summed E-state index contributed by atoms with van der Waals surface area (Å²) in [4.78, 5) is 17.2. The van der Waals surface area contributed by atoms with E-state index < -0.39 is 5.97 Å². The third-order valence-corrected chi connectivity index (χ3v) is 2.88. The summed E-state index contributed by atoms with van der Waals surface area (Å²) in [5, 5.41) is 12.3. The van der Waals surface area contributed by atoms with Crippen molar-refractivity contribution < 1.29 is 9.90 Å². The van der Waals surface area contributed by atoms with Crippen molar-refractivity contribution in [3.63, 3.8) is 0 Å². The predicted octanol–water partition coefficient (Wildman–Crippen LogP) is 2.43. The number of carboxylic acids is 1. The van der Waals surface area contributed by atoms with Crippen molar-refractivity contribution in [3.8, 4) is 0 Å². The van der Waals surface area contributed by atoms with Crippen LogP contribution in [0.4, 0.5) is 5.82 Å². The Morgan fingerprint density at radius 3 is 2.68 bits per heavy atom. The summed E-state index contributed by atoms with van der Waals surface area (Å²) < 4.78 is 0. The maximum absolute atomic E-state index is 11.0. The monoisotopic (exact) mass is 285 g/mol. The van der Waals surface area contributed by atoms with Crippen LogP contribution in [0.15, 0.2) is 12.3 Å². The molecule has 2 N–H and O–H groups in total. The van der Waals surface area contributed by atoms with Gasteiger partial charge in [0.25, 0.3) is 0 Å². The lowest BCUT2D eigenvalue weighted by molar-refractivity contribution is 0.0697. The first kappa shape index (κ1) is 15.7. The van der Waals surface area contributed by atoms with Gasteiger partial charge in [-0.25, -0.2) is 9.78 Å². The second kappa shape index (κ2) is 6.21. The van der Waals surface area contributed by atoms with E-state index in [1.165, 1.54) is 12.3 Å². The fourth-order valence-electron chi connectivity index (χ4n) is 1.94. The average Bonchev–Trinajstić information content (AvgIpc) is 2.26. The molecule has 0 bridgehead atoms. The molecule has 1 aromatic heterocycles. The summed E-state index contributed by atoms with van der Waals surface area (Å²) in [5.41, 5.74) is 0.110. The van der Waals surface area contributed by atoms with Gasteiger partial charge in [0, 0.05) is 19.3 Å². The second-order valence-electron chi connectivity index (χ2n) is 5.61.